The number of hydrogen-bond acceptors (Lipinski definition) is 2. The number of methoxy groups -OCH3 is 2. The van der Waals surface area contributed by atoms with E-state index in [-0.39, 0.29) is 0 Å². The lowest BCUT2D eigenvalue weighted by Gasteiger charge is -2.61. The Morgan fingerprint density at radius 1 is 0.458 bits per heavy atom. The lowest BCUT2D eigenvalue weighted by molar-refractivity contribution is -0.158. The predicted molar refractivity (Wildman–Crippen MR) is 91.2 cm³/mol. The van der Waals surface area contributed by atoms with E-state index >= 15 is 0 Å². The summed E-state index contributed by atoms with van der Waals surface area (Å²) in [4.78, 5) is 0. The molecule has 0 aromatic heterocycles. The largest absolute Gasteiger partial charge is 0.381 e. The van der Waals surface area contributed by atoms with Crippen LogP contribution in [0, 0.1) is 71.0 Å². The molecule has 7 saturated carbocycles. The average molecular weight is 328 g/mol. The summed E-state index contributed by atoms with van der Waals surface area (Å²) >= 11 is 0. The molecule has 7 rings (SSSR count). The van der Waals surface area contributed by atoms with Crippen molar-refractivity contribution in [3.8, 4) is 0 Å². The lowest BCUT2D eigenvalue weighted by atomic mass is 9.43. The summed E-state index contributed by atoms with van der Waals surface area (Å²) < 4.78 is 11.9. The molecule has 0 aromatic carbocycles. The molecule has 0 aromatic rings. The van der Waals surface area contributed by atoms with Crippen LogP contribution in [0.3, 0.4) is 0 Å². The van der Waals surface area contributed by atoms with Gasteiger partial charge in [0.25, 0.3) is 0 Å². The summed E-state index contributed by atoms with van der Waals surface area (Å²) in [6, 6.07) is 0. The molecule has 14 atom stereocenters. The van der Waals surface area contributed by atoms with E-state index in [1.54, 1.807) is 12.8 Å². The Kier molecular flexibility index (Phi) is 2.58. The first-order valence-electron chi connectivity index (χ1n) is 10.9. The molecule has 0 aliphatic heterocycles. The summed E-state index contributed by atoms with van der Waals surface area (Å²) in [6.45, 7) is 0. The van der Waals surface area contributed by atoms with Crippen molar-refractivity contribution < 1.29 is 9.47 Å². The van der Waals surface area contributed by atoms with Crippen LogP contribution in [0.2, 0.25) is 0 Å². The predicted octanol–water partition coefficient (Wildman–Crippen LogP) is 3.85. The third-order valence-electron chi connectivity index (χ3n) is 11.0. The van der Waals surface area contributed by atoms with Crippen molar-refractivity contribution in [3.63, 3.8) is 0 Å². The highest BCUT2D eigenvalue weighted by Crippen LogP contribution is 2.81. The first-order valence-corrected chi connectivity index (χ1v) is 10.9. The van der Waals surface area contributed by atoms with Gasteiger partial charge in [0.1, 0.15) is 0 Å². The normalized spacial score (nSPS) is 70.2. The Balaban J connectivity index is 1.23. The standard InChI is InChI=1S/C22H32O2/c1-23-15-5-3-9-11-7-13(17(9)15)21-19(11)22-14-8-12(20(21)22)10-4-6-16(24-2)18(10)14/h9-22H,3-8H2,1-2H3/t9-,10+,11-,12+,13+,14-,15-,16+,17-,18+,19?,20?,21?,22?. The van der Waals surface area contributed by atoms with Gasteiger partial charge in [-0.3, -0.25) is 0 Å². The maximum atomic E-state index is 5.94. The summed E-state index contributed by atoms with van der Waals surface area (Å²) in [5.41, 5.74) is 0. The smallest absolute Gasteiger partial charge is 0.0605 e. The van der Waals surface area contributed by atoms with Gasteiger partial charge in [-0.1, -0.05) is 0 Å². The second kappa shape index (κ2) is 4.42. The van der Waals surface area contributed by atoms with Crippen LogP contribution in [0.15, 0.2) is 0 Å². The highest BCUT2D eigenvalue weighted by atomic mass is 16.5. The molecule has 7 aliphatic rings. The van der Waals surface area contributed by atoms with Crippen molar-refractivity contribution in [2.45, 2.75) is 50.7 Å². The zero-order valence-electron chi connectivity index (χ0n) is 15.1. The van der Waals surface area contributed by atoms with Gasteiger partial charge in [0.2, 0.25) is 0 Å². The van der Waals surface area contributed by atoms with Crippen LogP contribution in [0.1, 0.15) is 38.5 Å². The quantitative estimate of drug-likeness (QED) is 0.717. The van der Waals surface area contributed by atoms with Crippen LogP contribution < -0.4 is 0 Å². The number of rotatable bonds is 2. The maximum Gasteiger partial charge on any atom is 0.0605 e. The molecule has 2 heteroatoms. The van der Waals surface area contributed by atoms with E-state index < -0.39 is 0 Å². The first kappa shape index (κ1) is 14.0. The van der Waals surface area contributed by atoms with Crippen molar-refractivity contribution >= 4 is 0 Å². The molecule has 0 N–H and O–H groups in total. The molecule has 0 saturated heterocycles. The van der Waals surface area contributed by atoms with E-state index in [1.807, 2.05) is 14.2 Å². The molecule has 7 fully saturated rings. The zero-order chi connectivity index (χ0) is 15.7. The van der Waals surface area contributed by atoms with Gasteiger partial charge >= 0.3 is 0 Å². The van der Waals surface area contributed by atoms with Crippen molar-refractivity contribution in [2.24, 2.45) is 71.0 Å². The third kappa shape index (κ3) is 1.30. The Bertz CT molecular complexity index is 516. The summed E-state index contributed by atoms with van der Waals surface area (Å²) in [7, 11) is 3.96. The molecule has 24 heavy (non-hydrogen) atoms. The van der Waals surface area contributed by atoms with Gasteiger partial charge in [-0.2, -0.15) is 0 Å². The Hall–Kier alpha value is -0.0800. The summed E-state index contributed by atoms with van der Waals surface area (Å²) in [5.74, 6) is 12.8. The van der Waals surface area contributed by atoms with E-state index in [0.717, 1.165) is 71.0 Å². The Morgan fingerprint density at radius 3 is 1.29 bits per heavy atom. The monoisotopic (exact) mass is 328 g/mol. The highest BCUT2D eigenvalue weighted by Gasteiger charge is 2.77. The first-order chi connectivity index (χ1) is 11.8. The van der Waals surface area contributed by atoms with E-state index in [4.69, 9.17) is 9.47 Å². The third-order valence-corrected chi connectivity index (χ3v) is 11.0. The Morgan fingerprint density at radius 2 is 0.875 bits per heavy atom. The molecule has 0 spiro atoms. The minimum atomic E-state index is 0.612. The van der Waals surface area contributed by atoms with E-state index in [1.165, 1.54) is 25.7 Å². The van der Waals surface area contributed by atoms with Crippen LogP contribution in [0.4, 0.5) is 0 Å². The molecule has 0 amide bonds. The van der Waals surface area contributed by atoms with Crippen LogP contribution >= 0.6 is 0 Å². The van der Waals surface area contributed by atoms with Gasteiger partial charge in [-0.25, -0.2) is 0 Å². The SMILES string of the molecule is CO[C@H]1CC[C@@H]2[C@H]1[C@H]1C[C@@H]2C2C3C(C21)[C@@H]1C[C@H]3[C@H]2[C@@H]1CC[C@H]2OC. The number of fused-ring (bicyclic) bond motifs is 18. The van der Waals surface area contributed by atoms with Gasteiger partial charge < -0.3 is 9.47 Å². The fourth-order valence-electron chi connectivity index (χ4n) is 10.9. The molecule has 2 nitrogen and oxygen atoms in total. The topological polar surface area (TPSA) is 18.5 Å². The lowest BCUT2D eigenvalue weighted by Crippen LogP contribution is -2.59. The molecule has 7 aliphatic carbocycles. The minimum absolute atomic E-state index is 0.612. The number of hydrogen-bond donors (Lipinski definition) is 0. The van der Waals surface area contributed by atoms with Crippen molar-refractivity contribution in [3.05, 3.63) is 0 Å². The molecule has 4 unspecified atom stereocenters. The van der Waals surface area contributed by atoms with Gasteiger partial charge in [-0.05, 0) is 110 Å². The average Bonchev–Trinajstić information content (AvgIpc) is 3.34. The van der Waals surface area contributed by atoms with Gasteiger partial charge in [-0.15, -0.1) is 0 Å². The van der Waals surface area contributed by atoms with Crippen molar-refractivity contribution in [1.29, 1.82) is 0 Å². The van der Waals surface area contributed by atoms with E-state index in [9.17, 15) is 0 Å². The van der Waals surface area contributed by atoms with Crippen LogP contribution in [0.25, 0.3) is 0 Å². The minimum Gasteiger partial charge on any atom is -0.381 e. The second-order valence-corrected chi connectivity index (χ2v) is 10.6. The molecule has 132 valence electrons. The fraction of sp³-hybridized carbons (Fsp3) is 1.00. The van der Waals surface area contributed by atoms with Gasteiger partial charge in [0, 0.05) is 14.2 Å². The van der Waals surface area contributed by atoms with Crippen molar-refractivity contribution in [1.82, 2.24) is 0 Å². The molecule has 0 heterocycles. The van der Waals surface area contributed by atoms with Crippen LogP contribution in [-0.4, -0.2) is 26.4 Å². The van der Waals surface area contributed by atoms with Crippen LogP contribution in [0.5, 0.6) is 0 Å². The van der Waals surface area contributed by atoms with Gasteiger partial charge in [0.05, 0.1) is 12.2 Å². The van der Waals surface area contributed by atoms with E-state index in [0.29, 0.717) is 12.2 Å². The second-order valence-electron chi connectivity index (χ2n) is 10.6. The molecular weight excluding hydrogens is 296 g/mol. The van der Waals surface area contributed by atoms with Gasteiger partial charge in [0.15, 0.2) is 0 Å². The molecule has 0 radical (unpaired) electrons. The van der Waals surface area contributed by atoms with E-state index in [2.05, 4.69) is 0 Å². The summed E-state index contributed by atoms with van der Waals surface area (Å²) in [5, 5.41) is 0. The maximum absolute atomic E-state index is 5.94. The number of ether oxygens (including phenoxy) is 2. The fourth-order valence-corrected chi connectivity index (χ4v) is 10.9. The molecule has 4 bridgehead atoms. The zero-order valence-corrected chi connectivity index (χ0v) is 15.1. The van der Waals surface area contributed by atoms with Crippen LogP contribution in [-0.2, 0) is 9.47 Å². The summed E-state index contributed by atoms with van der Waals surface area (Å²) in [6.07, 6.45) is 10.1. The highest BCUT2D eigenvalue weighted by molar-refractivity contribution is 5.25. The van der Waals surface area contributed by atoms with Crippen molar-refractivity contribution in [2.75, 3.05) is 14.2 Å². The molecular formula is C22H32O2. The Labute approximate surface area is 146 Å².